The van der Waals surface area contributed by atoms with Crippen LogP contribution in [0.1, 0.15) is 33.1 Å². The van der Waals surface area contributed by atoms with Crippen molar-refractivity contribution in [3.05, 3.63) is 0 Å². The van der Waals surface area contributed by atoms with Gasteiger partial charge in [0.1, 0.15) is 0 Å². The highest BCUT2D eigenvalue weighted by molar-refractivity contribution is 5.80. The third kappa shape index (κ3) is 2.70. The summed E-state index contributed by atoms with van der Waals surface area (Å²) < 4.78 is 0. The van der Waals surface area contributed by atoms with Crippen LogP contribution in [-0.2, 0) is 9.59 Å². The number of rotatable bonds is 4. The maximum Gasteiger partial charge on any atom is 0.308 e. The standard InChI is InChI=1S/C11H19NO3/c1-3-8(4-2)10(13)12-6-5-9(7-12)11(14)15/h8-9H,3-7H2,1-2H3,(H,14,15)/t9-/m0/s1. The second kappa shape index (κ2) is 5.14. The van der Waals surface area contributed by atoms with Gasteiger partial charge in [-0.2, -0.15) is 0 Å². The van der Waals surface area contributed by atoms with Gasteiger partial charge in [-0.3, -0.25) is 9.59 Å². The number of likely N-dealkylation sites (tertiary alicyclic amines) is 1. The van der Waals surface area contributed by atoms with Gasteiger partial charge in [-0.25, -0.2) is 0 Å². The Morgan fingerprint density at radius 2 is 2.00 bits per heavy atom. The van der Waals surface area contributed by atoms with Crippen LogP contribution >= 0.6 is 0 Å². The van der Waals surface area contributed by atoms with Gasteiger partial charge in [0.2, 0.25) is 5.91 Å². The summed E-state index contributed by atoms with van der Waals surface area (Å²) >= 11 is 0. The molecule has 1 saturated heterocycles. The van der Waals surface area contributed by atoms with Crippen LogP contribution in [-0.4, -0.2) is 35.0 Å². The molecule has 0 aromatic rings. The molecule has 15 heavy (non-hydrogen) atoms. The lowest BCUT2D eigenvalue weighted by Gasteiger charge is -2.21. The fraction of sp³-hybridized carbons (Fsp3) is 0.818. The van der Waals surface area contributed by atoms with E-state index in [-0.39, 0.29) is 17.7 Å². The molecule has 1 heterocycles. The molecule has 1 N–H and O–H groups in total. The summed E-state index contributed by atoms with van der Waals surface area (Å²) in [6.07, 6.45) is 2.27. The van der Waals surface area contributed by atoms with Crippen LogP contribution in [0.2, 0.25) is 0 Å². The fourth-order valence-corrected chi connectivity index (χ4v) is 2.06. The van der Waals surface area contributed by atoms with Crippen molar-refractivity contribution in [1.82, 2.24) is 4.90 Å². The molecule has 0 spiro atoms. The summed E-state index contributed by atoms with van der Waals surface area (Å²) in [5.74, 6) is -0.945. The van der Waals surface area contributed by atoms with Crippen molar-refractivity contribution in [3.63, 3.8) is 0 Å². The predicted octanol–water partition coefficient (Wildman–Crippen LogP) is 1.36. The van der Waals surface area contributed by atoms with Gasteiger partial charge in [0.25, 0.3) is 0 Å². The highest BCUT2D eigenvalue weighted by Crippen LogP contribution is 2.20. The molecule has 1 atom stereocenters. The van der Waals surface area contributed by atoms with Gasteiger partial charge in [0.05, 0.1) is 5.92 Å². The van der Waals surface area contributed by atoms with Gasteiger partial charge in [-0.15, -0.1) is 0 Å². The molecule has 4 heteroatoms. The Balaban J connectivity index is 2.53. The zero-order valence-electron chi connectivity index (χ0n) is 9.40. The van der Waals surface area contributed by atoms with Gasteiger partial charge >= 0.3 is 5.97 Å². The molecule has 1 fully saturated rings. The summed E-state index contributed by atoms with van der Waals surface area (Å²) in [6.45, 7) is 4.99. The van der Waals surface area contributed by atoms with E-state index in [1.54, 1.807) is 4.90 Å². The zero-order chi connectivity index (χ0) is 11.4. The Bertz CT molecular complexity index is 248. The van der Waals surface area contributed by atoms with Crippen molar-refractivity contribution in [3.8, 4) is 0 Å². The minimum Gasteiger partial charge on any atom is -0.481 e. The van der Waals surface area contributed by atoms with Crippen molar-refractivity contribution < 1.29 is 14.7 Å². The number of carbonyl (C=O) groups is 2. The van der Waals surface area contributed by atoms with E-state index in [0.717, 1.165) is 12.8 Å². The third-order valence-corrected chi connectivity index (χ3v) is 3.18. The molecular weight excluding hydrogens is 194 g/mol. The molecule has 4 nitrogen and oxygen atoms in total. The van der Waals surface area contributed by atoms with Gasteiger partial charge in [0, 0.05) is 19.0 Å². The number of nitrogens with zero attached hydrogens (tertiary/aromatic N) is 1. The molecule has 0 unspecified atom stereocenters. The van der Waals surface area contributed by atoms with Gasteiger partial charge in [0.15, 0.2) is 0 Å². The predicted molar refractivity (Wildman–Crippen MR) is 56.4 cm³/mol. The number of carboxylic acid groups (broad SMARTS) is 1. The zero-order valence-corrected chi connectivity index (χ0v) is 9.40. The van der Waals surface area contributed by atoms with E-state index in [1.807, 2.05) is 13.8 Å². The van der Waals surface area contributed by atoms with Crippen LogP contribution in [0.3, 0.4) is 0 Å². The molecular formula is C11H19NO3. The molecule has 1 amide bonds. The smallest absolute Gasteiger partial charge is 0.308 e. The maximum absolute atomic E-state index is 11.9. The first-order valence-corrected chi connectivity index (χ1v) is 5.61. The van der Waals surface area contributed by atoms with Crippen LogP contribution in [0.4, 0.5) is 0 Å². The molecule has 0 radical (unpaired) electrons. The molecule has 86 valence electrons. The number of carboxylic acids is 1. The number of hydrogen-bond donors (Lipinski definition) is 1. The lowest BCUT2D eigenvalue weighted by molar-refractivity contribution is -0.141. The molecule has 1 aliphatic heterocycles. The van der Waals surface area contributed by atoms with Gasteiger partial charge < -0.3 is 10.0 Å². The van der Waals surface area contributed by atoms with Crippen LogP contribution < -0.4 is 0 Å². The number of hydrogen-bond acceptors (Lipinski definition) is 2. The number of carbonyl (C=O) groups excluding carboxylic acids is 1. The van der Waals surface area contributed by atoms with E-state index < -0.39 is 5.97 Å². The van der Waals surface area contributed by atoms with E-state index in [4.69, 9.17) is 5.11 Å². The maximum atomic E-state index is 11.9. The summed E-state index contributed by atoms with van der Waals surface area (Å²) in [5, 5.41) is 8.83. The van der Waals surface area contributed by atoms with Crippen molar-refractivity contribution in [2.24, 2.45) is 11.8 Å². The van der Waals surface area contributed by atoms with E-state index in [9.17, 15) is 9.59 Å². The molecule has 0 aromatic heterocycles. The Morgan fingerprint density at radius 1 is 1.40 bits per heavy atom. The Hall–Kier alpha value is -1.06. The molecule has 1 rings (SSSR count). The first-order valence-electron chi connectivity index (χ1n) is 5.61. The normalized spacial score (nSPS) is 21.0. The van der Waals surface area contributed by atoms with Crippen LogP contribution in [0, 0.1) is 11.8 Å². The largest absolute Gasteiger partial charge is 0.481 e. The van der Waals surface area contributed by atoms with Crippen molar-refractivity contribution >= 4 is 11.9 Å². The highest BCUT2D eigenvalue weighted by atomic mass is 16.4. The topological polar surface area (TPSA) is 57.6 Å². The minimum atomic E-state index is -0.783. The Morgan fingerprint density at radius 3 is 2.40 bits per heavy atom. The molecule has 0 saturated carbocycles. The minimum absolute atomic E-state index is 0.0672. The summed E-state index contributed by atoms with van der Waals surface area (Å²) in [5.41, 5.74) is 0. The third-order valence-electron chi connectivity index (χ3n) is 3.18. The van der Waals surface area contributed by atoms with E-state index in [2.05, 4.69) is 0 Å². The lowest BCUT2D eigenvalue weighted by atomic mass is 10.0. The second-order valence-electron chi connectivity index (χ2n) is 4.12. The fourth-order valence-electron chi connectivity index (χ4n) is 2.06. The monoisotopic (exact) mass is 213 g/mol. The second-order valence-corrected chi connectivity index (χ2v) is 4.12. The van der Waals surface area contributed by atoms with Crippen molar-refractivity contribution in [2.45, 2.75) is 33.1 Å². The van der Waals surface area contributed by atoms with Crippen molar-refractivity contribution in [2.75, 3.05) is 13.1 Å². The molecule has 1 aliphatic rings. The molecule has 0 aromatic carbocycles. The average Bonchev–Trinajstić information content (AvgIpc) is 2.68. The first kappa shape index (κ1) is 12.0. The first-order chi connectivity index (χ1) is 7.10. The van der Waals surface area contributed by atoms with Crippen LogP contribution in [0.5, 0.6) is 0 Å². The number of aliphatic carboxylic acids is 1. The van der Waals surface area contributed by atoms with Gasteiger partial charge in [-0.05, 0) is 19.3 Å². The van der Waals surface area contributed by atoms with E-state index in [1.165, 1.54) is 0 Å². The van der Waals surface area contributed by atoms with E-state index >= 15 is 0 Å². The quantitative estimate of drug-likeness (QED) is 0.767. The summed E-state index contributed by atoms with van der Waals surface area (Å²) in [6, 6.07) is 0. The molecule has 0 aliphatic carbocycles. The average molecular weight is 213 g/mol. The Labute approximate surface area is 90.3 Å². The lowest BCUT2D eigenvalue weighted by Crippen LogP contribution is -2.34. The Kier molecular flexibility index (Phi) is 4.12. The van der Waals surface area contributed by atoms with E-state index in [0.29, 0.717) is 19.5 Å². The molecule has 0 bridgehead atoms. The van der Waals surface area contributed by atoms with Crippen molar-refractivity contribution in [1.29, 1.82) is 0 Å². The summed E-state index contributed by atoms with van der Waals surface area (Å²) in [7, 11) is 0. The van der Waals surface area contributed by atoms with Crippen LogP contribution in [0.15, 0.2) is 0 Å². The SMILES string of the molecule is CCC(CC)C(=O)N1CC[C@H](C(=O)O)C1. The number of amides is 1. The van der Waals surface area contributed by atoms with Crippen LogP contribution in [0.25, 0.3) is 0 Å². The van der Waals surface area contributed by atoms with Gasteiger partial charge in [-0.1, -0.05) is 13.8 Å². The summed E-state index contributed by atoms with van der Waals surface area (Å²) in [4.78, 5) is 24.4. The highest BCUT2D eigenvalue weighted by Gasteiger charge is 2.32.